The highest BCUT2D eigenvalue weighted by Gasteiger charge is 2.42. The minimum atomic E-state index is -4.13. The van der Waals surface area contributed by atoms with Gasteiger partial charge in [0.15, 0.2) is 0 Å². The van der Waals surface area contributed by atoms with E-state index in [4.69, 9.17) is 4.74 Å². The number of nitrogens with zero attached hydrogens (tertiary/aromatic N) is 2. The van der Waals surface area contributed by atoms with Gasteiger partial charge in [-0.25, -0.2) is 9.18 Å². The molecule has 5 rings (SSSR count). The predicted molar refractivity (Wildman–Crippen MR) is 123 cm³/mol. The number of hydrogen-bond donors (Lipinski definition) is 3. The number of carbonyl (C=O) groups is 2. The number of anilines is 1. The number of rotatable bonds is 5. The molecule has 10 heteroatoms. The van der Waals surface area contributed by atoms with Crippen LogP contribution in [-0.4, -0.2) is 32.2 Å². The first-order valence-electron chi connectivity index (χ1n) is 11.2. The number of halogens is 1. The number of fused-ring (bicyclic) bond motifs is 3. The van der Waals surface area contributed by atoms with Gasteiger partial charge in [0.1, 0.15) is 4.90 Å². The van der Waals surface area contributed by atoms with Crippen molar-refractivity contribution in [2.45, 2.75) is 62.6 Å². The fraction of sp³-hybridized carbons (Fsp3) is 0.435. The highest BCUT2D eigenvalue weighted by atomic mass is 32.3. The third-order valence-electron chi connectivity index (χ3n) is 6.85. The fourth-order valence-electron chi connectivity index (χ4n) is 5.13. The van der Waals surface area contributed by atoms with Crippen molar-refractivity contribution in [3.63, 3.8) is 0 Å². The Morgan fingerprint density at radius 3 is 2.55 bits per heavy atom. The smallest absolute Gasteiger partial charge is 0.330 e. The Morgan fingerprint density at radius 1 is 1.27 bits per heavy atom. The van der Waals surface area contributed by atoms with Crippen molar-refractivity contribution in [2.24, 2.45) is 0 Å². The molecule has 2 aliphatic carbocycles. The van der Waals surface area contributed by atoms with E-state index >= 15 is 4.39 Å². The maximum absolute atomic E-state index is 15.4. The highest BCUT2D eigenvalue weighted by Crippen LogP contribution is 2.42. The Labute approximate surface area is 192 Å². The zero-order valence-electron chi connectivity index (χ0n) is 18.4. The van der Waals surface area contributed by atoms with Crippen molar-refractivity contribution in [3.8, 4) is 5.88 Å². The lowest BCUT2D eigenvalue weighted by Crippen LogP contribution is -2.41. The van der Waals surface area contributed by atoms with Crippen LogP contribution in [0.5, 0.6) is 5.88 Å². The number of nitrogens with one attached hydrogen (secondary N) is 2. The highest BCUT2D eigenvalue weighted by molar-refractivity contribution is 8.13. The molecule has 8 nitrogen and oxygen atoms in total. The SMILES string of the molecule is C=C(C)C1(F)CCOc2c([SH](=O)(C=O)NC(=O)Nc3c4c(cc5c3CCC5)CCC4)cnn21. The molecular formula is C23H27FN4O4S. The number of carbonyl (C=O) groups excluding carboxylic acids is 2. The Kier molecular flexibility index (Phi) is 5.15. The van der Waals surface area contributed by atoms with Crippen molar-refractivity contribution >= 4 is 27.5 Å². The second-order valence-electron chi connectivity index (χ2n) is 8.95. The van der Waals surface area contributed by atoms with E-state index in [1.54, 1.807) is 0 Å². The molecule has 1 unspecified atom stereocenters. The number of allylic oxidation sites excluding steroid dienone is 1. The molecule has 0 fully saturated rings. The van der Waals surface area contributed by atoms with Crippen molar-refractivity contribution in [1.29, 1.82) is 0 Å². The van der Waals surface area contributed by atoms with Gasteiger partial charge in [0.2, 0.25) is 17.3 Å². The largest absolute Gasteiger partial charge is 0.477 e. The molecule has 0 radical (unpaired) electrons. The molecule has 0 saturated carbocycles. The fourth-order valence-corrected chi connectivity index (χ4v) is 6.44. The molecule has 176 valence electrons. The lowest BCUT2D eigenvalue weighted by Gasteiger charge is -2.32. The van der Waals surface area contributed by atoms with E-state index in [2.05, 4.69) is 27.8 Å². The van der Waals surface area contributed by atoms with E-state index in [1.165, 1.54) is 18.1 Å². The first-order chi connectivity index (χ1) is 15.8. The van der Waals surface area contributed by atoms with Gasteiger partial charge in [-0.2, -0.15) is 9.78 Å². The molecule has 2 amide bonds. The molecule has 0 spiro atoms. The number of thiol groups is 1. The van der Waals surface area contributed by atoms with Gasteiger partial charge in [-0.3, -0.25) is 13.7 Å². The molecule has 1 aliphatic heterocycles. The van der Waals surface area contributed by atoms with Crippen LogP contribution in [0.3, 0.4) is 0 Å². The lowest BCUT2D eigenvalue weighted by molar-refractivity contribution is 0.0221. The van der Waals surface area contributed by atoms with Crippen LogP contribution < -0.4 is 14.8 Å². The molecule has 2 aromatic rings. The Hall–Kier alpha value is -3.01. The Balaban J connectivity index is 1.45. The molecule has 1 aromatic heterocycles. The van der Waals surface area contributed by atoms with E-state index in [1.807, 2.05) is 0 Å². The Bertz CT molecular complexity index is 1210. The summed E-state index contributed by atoms with van der Waals surface area (Å²) in [5.41, 5.74) is 5.86. The van der Waals surface area contributed by atoms with Gasteiger partial charge in [0.25, 0.3) is 0 Å². The summed E-state index contributed by atoms with van der Waals surface area (Å²) in [5, 5.41) is 6.86. The molecule has 1 aromatic carbocycles. The average Bonchev–Trinajstić information content (AvgIpc) is 3.53. The van der Waals surface area contributed by atoms with E-state index in [0.29, 0.717) is 0 Å². The second kappa shape index (κ2) is 7.79. The topological polar surface area (TPSA) is 102 Å². The minimum absolute atomic E-state index is 0.00457. The molecule has 33 heavy (non-hydrogen) atoms. The summed E-state index contributed by atoms with van der Waals surface area (Å²) in [5.74, 6) is -2.16. The van der Waals surface area contributed by atoms with Gasteiger partial charge < -0.3 is 10.1 Å². The number of aryl methyl sites for hydroxylation is 2. The van der Waals surface area contributed by atoms with Crippen LogP contribution >= 0.6 is 0 Å². The van der Waals surface area contributed by atoms with Crippen LogP contribution in [0.15, 0.2) is 29.3 Å². The predicted octanol–water partition coefficient (Wildman–Crippen LogP) is 3.14. The number of hydrogen-bond acceptors (Lipinski definition) is 5. The normalized spacial score (nSPS) is 21.4. The van der Waals surface area contributed by atoms with Crippen molar-refractivity contribution in [1.82, 2.24) is 14.5 Å². The van der Waals surface area contributed by atoms with Crippen LogP contribution in [0.1, 0.15) is 48.4 Å². The zero-order chi connectivity index (χ0) is 23.4. The second-order valence-corrected chi connectivity index (χ2v) is 11.2. The number of urea groups is 1. The van der Waals surface area contributed by atoms with Gasteiger partial charge in [-0.1, -0.05) is 12.6 Å². The maximum Gasteiger partial charge on any atom is 0.330 e. The van der Waals surface area contributed by atoms with Crippen LogP contribution in [0, 0.1) is 0 Å². The first kappa shape index (κ1) is 21.8. The van der Waals surface area contributed by atoms with Crippen LogP contribution in [0.2, 0.25) is 0 Å². The van der Waals surface area contributed by atoms with Gasteiger partial charge >= 0.3 is 6.03 Å². The van der Waals surface area contributed by atoms with Gasteiger partial charge in [-0.15, -0.1) is 0 Å². The summed E-state index contributed by atoms with van der Waals surface area (Å²) in [6, 6.07) is 1.49. The summed E-state index contributed by atoms with van der Waals surface area (Å²) in [6.07, 6.45) is 6.83. The zero-order valence-corrected chi connectivity index (χ0v) is 19.3. The van der Waals surface area contributed by atoms with Crippen molar-refractivity contribution < 1.29 is 22.9 Å². The summed E-state index contributed by atoms with van der Waals surface area (Å²) in [6.45, 7) is 5.20. The van der Waals surface area contributed by atoms with Gasteiger partial charge in [0.05, 0.1) is 12.8 Å². The Morgan fingerprint density at radius 2 is 1.94 bits per heavy atom. The van der Waals surface area contributed by atoms with Gasteiger partial charge in [0, 0.05) is 22.2 Å². The molecular weight excluding hydrogens is 447 g/mol. The van der Waals surface area contributed by atoms with E-state index in [-0.39, 0.29) is 35.0 Å². The molecule has 0 saturated heterocycles. The number of benzene rings is 1. The van der Waals surface area contributed by atoms with Crippen LogP contribution in [-0.2, 0) is 46.4 Å². The third-order valence-corrected chi connectivity index (χ3v) is 8.71. The first-order valence-corrected chi connectivity index (χ1v) is 12.9. The monoisotopic (exact) mass is 474 g/mol. The summed E-state index contributed by atoms with van der Waals surface area (Å²) >= 11 is 0. The number of aromatic nitrogens is 2. The summed E-state index contributed by atoms with van der Waals surface area (Å²) < 4.78 is 37.8. The molecule has 3 aliphatic rings. The summed E-state index contributed by atoms with van der Waals surface area (Å²) in [4.78, 5) is 24.8. The van der Waals surface area contributed by atoms with Crippen molar-refractivity contribution in [2.75, 3.05) is 11.9 Å². The van der Waals surface area contributed by atoms with E-state index in [0.717, 1.165) is 66.2 Å². The molecule has 1 atom stereocenters. The number of alkyl halides is 1. The van der Waals surface area contributed by atoms with Crippen LogP contribution in [0.4, 0.5) is 14.9 Å². The van der Waals surface area contributed by atoms with Crippen molar-refractivity contribution in [3.05, 3.63) is 46.7 Å². The third kappa shape index (κ3) is 3.38. The van der Waals surface area contributed by atoms with E-state index in [9.17, 15) is 13.8 Å². The molecule has 0 bridgehead atoms. The van der Waals surface area contributed by atoms with Gasteiger partial charge in [-0.05, 0) is 73.3 Å². The summed E-state index contributed by atoms with van der Waals surface area (Å²) in [7, 11) is -4.13. The molecule has 2 N–H and O–H groups in total. The average molecular weight is 475 g/mol. The van der Waals surface area contributed by atoms with E-state index < -0.39 is 21.9 Å². The quantitative estimate of drug-likeness (QED) is 0.351. The minimum Gasteiger partial charge on any atom is -0.477 e. The van der Waals surface area contributed by atoms with Crippen LogP contribution in [0.25, 0.3) is 0 Å². The molecule has 2 heterocycles. The standard InChI is InChI=1S/C23H27FN4O4S/c1-14(2)23(24)9-10-32-21-19(12-25-28(21)23)33(31,13-29)27-22(30)26-20-17-7-3-5-15(17)11-16-6-4-8-18(16)20/h11-13,33H,1,3-10H2,2H3,(H2,26,27,30,31). The lowest BCUT2D eigenvalue weighted by atomic mass is 9.99. The number of amides is 2. The maximum atomic E-state index is 15.4. The number of ether oxygens (including phenoxy) is 1.